The number of likely N-dealkylation sites (N-methyl/N-ethyl adjacent to an activating group) is 1. The van der Waals surface area contributed by atoms with E-state index in [4.69, 9.17) is 0 Å². The number of nitrogens with zero attached hydrogens (tertiary/aromatic N) is 2. The van der Waals surface area contributed by atoms with Gasteiger partial charge < -0.3 is 9.88 Å². The van der Waals surface area contributed by atoms with Crippen molar-refractivity contribution >= 4 is 0 Å². The highest BCUT2D eigenvalue weighted by Crippen LogP contribution is 2.20. The summed E-state index contributed by atoms with van der Waals surface area (Å²) in [6, 6.07) is 5.50. The summed E-state index contributed by atoms with van der Waals surface area (Å²) in [5, 5.41) is 3.48. The fraction of sp³-hybridized carbons (Fsp3) is 0.471. The molecule has 0 saturated carbocycles. The summed E-state index contributed by atoms with van der Waals surface area (Å²) < 4.78 is 15.6. The molecule has 2 aromatic rings. The molecule has 0 bridgehead atoms. The SMILES string of the molecule is CCCn1ccnc1CC(NCC)c1ccc(F)c(C)c1. The molecule has 0 saturated heterocycles. The molecule has 0 aliphatic rings. The van der Waals surface area contributed by atoms with Gasteiger partial charge in [-0.25, -0.2) is 9.37 Å². The van der Waals surface area contributed by atoms with Gasteiger partial charge in [-0.2, -0.15) is 0 Å². The van der Waals surface area contributed by atoms with Crippen LogP contribution in [0, 0.1) is 12.7 Å². The van der Waals surface area contributed by atoms with E-state index in [2.05, 4.69) is 28.7 Å². The lowest BCUT2D eigenvalue weighted by molar-refractivity contribution is 0.514. The van der Waals surface area contributed by atoms with E-state index in [0.717, 1.165) is 37.3 Å². The zero-order valence-electron chi connectivity index (χ0n) is 13.1. The van der Waals surface area contributed by atoms with Crippen molar-refractivity contribution in [2.45, 2.75) is 46.2 Å². The second-order valence-corrected chi connectivity index (χ2v) is 5.36. The van der Waals surface area contributed by atoms with Crippen LogP contribution in [0.4, 0.5) is 4.39 Å². The van der Waals surface area contributed by atoms with Crippen LogP contribution in [0.2, 0.25) is 0 Å². The van der Waals surface area contributed by atoms with Crippen molar-refractivity contribution in [3.63, 3.8) is 0 Å². The third kappa shape index (κ3) is 3.91. The van der Waals surface area contributed by atoms with Crippen molar-refractivity contribution in [3.05, 3.63) is 53.4 Å². The summed E-state index contributed by atoms with van der Waals surface area (Å²) in [5.74, 6) is 0.922. The van der Waals surface area contributed by atoms with E-state index in [1.807, 2.05) is 24.5 Å². The number of benzene rings is 1. The molecule has 1 heterocycles. The average molecular weight is 289 g/mol. The Balaban J connectivity index is 2.22. The second-order valence-electron chi connectivity index (χ2n) is 5.36. The van der Waals surface area contributed by atoms with Gasteiger partial charge in [-0.15, -0.1) is 0 Å². The molecule has 21 heavy (non-hydrogen) atoms. The van der Waals surface area contributed by atoms with Crippen LogP contribution in [-0.4, -0.2) is 16.1 Å². The molecule has 0 radical (unpaired) electrons. The Labute approximate surface area is 126 Å². The highest BCUT2D eigenvalue weighted by atomic mass is 19.1. The van der Waals surface area contributed by atoms with Crippen LogP contribution >= 0.6 is 0 Å². The third-order valence-electron chi connectivity index (χ3n) is 3.69. The van der Waals surface area contributed by atoms with Crippen LogP contribution in [0.15, 0.2) is 30.6 Å². The molecule has 0 aliphatic heterocycles. The number of nitrogens with one attached hydrogen (secondary N) is 1. The van der Waals surface area contributed by atoms with E-state index in [-0.39, 0.29) is 11.9 Å². The Morgan fingerprint density at radius 2 is 2.14 bits per heavy atom. The molecule has 1 N–H and O–H groups in total. The highest BCUT2D eigenvalue weighted by Gasteiger charge is 2.15. The molecule has 1 aromatic carbocycles. The number of aryl methyl sites for hydroxylation is 2. The molecule has 0 amide bonds. The molecule has 1 aromatic heterocycles. The van der Waals surface area contributed by atoms with E-state index < -0.39 is 0 Å². The lowest BCUT2D eigenvalue weighted by Gasteiger charge is -2.19. The van der Waals surface area contributed by atoms with Gasteiger partial charge in [0.15, 0.2) is 0 Å². The number of hydrogen-bond donors (Lipinski definition) is 1. The topological polar surface area (TPSA) is 29.9 Å². The van der Waals surface area contributed by atoms with Gasteiger partial charge in [0.1, 0.15) is 11.6 Å². The Bertz CT molecular complexity index is 577. The highest BCUT2D eigenvalue weighted by molar-refractivity contribution is 5.27. The third-order valence-corrected chi connectivity index (χ3v) is 3.69. The van der Waals surface area contributed by atoms with E-state index in [1.165, 1.54) is 0 Å². The molecule has 3 nitrogen and oxygen atoms in total. The minimum atomic E-state index is -0.151. The summed E-state index contributed by atoms with van der Waals surface area (Å²) in [6.45, 7) is 7.91. The van der Waals surface area contributed by atoms with E-state index in [1.54, 1.807) is 13.0 Å². The van der Waals surface area contributed by atoms with Crippen molar-refractivity contribution in [3.8, 4) is 0 Å². The number of imidazole rings is 1. The van der Waals surface area contributed by atoms with Crippen molar-refractivity contribution < 1.29 is 4.39 Å². The standard InChI is InChI=1S/C17H24FN3/c1-4-9-21-10-8-20-17(21)12-16(19-5-2)14-6-7-15(18)13(3)11-14/h6-8,10-11,16,19H,4-5,9,12H2,1-3H3. The predicted octanol–water partition coefficient (Wildman–Crippen LogP) is 3.63. The van der Waals surface area contributed by atoms with Crippen LogP contribution in [-0.2, 0) is 13.0 Å². The van der Waals surface area contributed by atoms with Gasteiger partial charge in [-0.1, -0.05) is 26.0 Å². The lowest BCUT2D eigenvalue weighted by atomic mass is 10.0. The van der Waals surface area contributed by atoms with Crippen LogP contribution in [0.25, 0.3) is 0 Å². The van der Waals surface area contributed by atoms with Crippen LogP contribution in [0.3, 0.4) is 0 Å². The van der Waals surface area contributed by atoms with E-state index in [9.17, 15) is 4.39 Å². The zero-order chi connectivity index (χ0) is 15.2. The molecule has 2 rings (SSSR count). The summed E-state index contributed by atoms with van der Waals surface area (Å²) in [4.78, 5) is 4.47. The minimum absolute atomic E-state index is 0.151. The van der Waals surface area contributed by atoms with Gasteiger partial charge in [0.05, 0.1) is 0 Å². The van der Waals surface area contributed by atoms with Gasteiger partial charge in [0.2, 0.25) is 0 Å². The molecular formula is C17H24FN3. The first-order valence-corrected chi connectivity index (χ1v) is 7.65. The van der Waals surface area contributed by atoms with Crippen molar-refractivity contribution in [1.29, 1.82) is 0 Å². The molecular weight excluding hydrogens is 265 g/mol. The molecule has 0 fully saturated rings. The molecule has 1 unspecified atom stereocenters. The average Bonchev–Trinajstić information content (AvgIpc) is 2.89. The van der Waals surface area contributed by atoms with Gasteiger partial charge in [-0.3, -0.25) is 0 Å². The Morgan fingerprint density at radius 3 is 2.81 bits per heavy atom. The molecule has 0 aliphatic carbocycles. The smallest absolute Gasteiger partial charge is 0.126 e. The first-order chi connectivity index (χ1) is 10.2. The van der Waals surface area contributed by atoms with Crippen molar-refractivity contribution in [2.24, 2.45) is 0 Å². The zero-order valence-corrected chi connectivity index (χ0v) is 13.1. The number of halogens is 1. The lowest BCUT2D eigenvalue weighted by Crippen LogP contribution is -2.24. The Hall–Kier alpha value is -1.68. The minimum Gasteiger partial charge on any atom is -0.335 e. The number of aromatic nitrogens is 2. The van der Waals surface area contributed by atoms with Gasteiger partial charge in [0.25, 0.3) is 0 Å². The molecule has 1 atom stereocenters. The quantitative estimate of drug-likeness (QED) is 0.843. The first-order valence-electron chi connectivity index (χ1n) is 7.65. The summed E-state index contributed by atoms with van der Waals surface area (Å²) in [7, 11) is 0. The maximum absolute atomic E-state index is 13.5. The summed E-state index contributed by atoms with van der Waals surface area (Å²) >= 11 is 0. The predicted molar refractivity (Wildman–Crippen MR) is 83.8 cm³/mol. The van der Waals surface area contributed by atoms with Crippen LogP contribution in [0.1, 0.15) is 43.3 Å². The van der Waals surface area contributed by atoms with Crippen LogP contribution in [0.5, 0.6) is 0 Å². The Kier molecular flexibility index (Phi) is 5.51. The maximum Gasteiger partial charge on any atom is 0.126 e. The largest absolute Gasteiger partial charge is 0.335 e. The second kappa shape index (κ2) is 7.36. The maximum atomic E-state index is 13.5. The fourth-order valence-corrected chi connectivity index (χ4v) is 2.60. The summed E-state index contributed by atoms with van der Waals surface area (Å²) in [6.07, 6.45) is 5.78. The van der Waals surface area contributed by atoms with Gasteiger partial charge in [-0.05, 0) is 37.1 Å². The molecule has 4 heteroatoms. The van der Waals surface area contributed by atoms with E-state index >= 15 is 0 Å². The monoisotopic (exact) mass is 289 g/mol. The van der Waals surface area contributed by atoms with Crippen molar-refractivity contribution in [2.75, 3.05) is 6.54 Å². The summed E-state index contributed by atoms with van der Waals surface area (Å²) in [5.41, 5.74) is 1.80. The normalized spacial score (nSPS) is 12.6. The van der Waals surface area contributed by atoms with Gasteiger partial charge >= 0.3 is 0 Å². The van der Waals surface area contributed by atoms with Crippen LogP contribution < -0.4 is 5.32 Å². The van der Waals surface area contributed by atoms with Gasteiger partial charge in [0, 0.05) is 31.4 Å². The van der Waals surface area contributed by atoms with E-state index in [0.29, 0.717) is 5.56 Å². The first kappa shape index (κ1) is 15.7. The number of hydrogen-bond acceptors (Lipinski definition) is 2. The van der Waals surface area contributed by atoms with Crippen molar-refractivity contribution in [1.82, 2.24) is 14.9 Å². The Morgan fingerprint density at radius 1 is 1.33 bits per heavy atom. The molecule has 0 spiro atoms. The molecule has 114 valence electrons. The fourth-order valence-electron chi connectivity index (χ4n) is 2.60. The number of rotatable bonds is 7.